The Morgan fingerprint density at radius 2 is 2.05 bits per heavy atom. The molecular formula is C15H19BrN2O2. The zero-order valence-electron chi connectivity index (χ0n) is 11.7. The van der Waals surface area contributed by atoms with Gasteiger partial charge in [0.25, 0.3) is 5.91 Å². The third-order valence-corrected chi connectivity index (χ3v) is 4.90. The summed E-state index contributed by atoms with van der Waals surface area (Å²) in [5.41, 5.74) is 6.98. The van der Waals surface area contributed by atoms with E-state index in [0.29, 0.717) is 12.1 Å². The number of amides is 2. The van der Waals surface area contributed by atoms with Crippen LogP contribution in [0.2, 0.25) is 0 Å². The van der Waals surface area contributed by atoms with Gasteiger partial charge in [0, 0.05) is 22.6 Å². The number of nitrogens with two attached hydrogens (primary N) is 1. The van der Waals surface area contributed by atoms with E-state index in [0.717, 1.165) is 22.9 Å². The first-order valence-corrected chi connectivity index (χ1v) is 7.56. The monoisotopic (exact) mass is 338 g/mol. The first-order chi connectivity index (χ1) is 9.41. The Balaban J connectivity index is 2.26. The molecule has 4 nitrogen and oxygen atoms in total. The van der Waals surface area contributed by atoms with Gasteiger partial charge in [0.1, 0.15) is 0 Å². The highest BCUT2D eigenvalue weighted by Gasteiger charge is 2.32. The van der Waals surface area contributed by atoms with Crippen LogP contribution in [-0.2, 0) is 4.79 Å². The molecule has 0 radical (unpaired) electrons. The van der Waals surface area contributed by atoms with Gasteiger partial charge in [0.05, 0.1) is 5.92 Å². The van der Waals surface area contributed by atoms with E-state index in [2.05, 4.69) is 15.9 Å². The minimum absolute atomic E-state index is 0.0257. The first kappa shape index (κ1) is 15.0. The fraction of sp³-hybridized carbons (Fsp3) is 0.467. The molecule has 0 spiro atoms. The van der Waals surface area contributed by atoms with Crippen LogP contribution in [0.4, 0.5) is 0 Å². The van der Waals surface area contributed by atoms with Gasteiger partial charge in [-0.1, -0.05) is 22.0 Å². The molecule has 1 heterocycles. The van der Waals surface area contributed by atoms with Gasteiger partial charge < -0.3 is 10.6 Å². The number of piperidine rings is 1. The van der Waals surface area contributed by atoms with Crippen LogP contribution in [0.5, 0.6) is 0 Å². The summed E-state index contributed by atoms with van der Waals surface area (Å²) < 4.78 is 0.916. The van der Waals surface area contributed by atoms with Crippen LogP contribution in [-0.4, -0.2) is 29.3 Å². The molecule has 2 N–H and O–H groups in total. The number of hydrogen-bond acceptors (Lipinski definition) is 2. The number of nitrogens with zero attached hydrogens (tertiary/aromatic N) is 1. The van der Waals surface area contributed by atoms with E-state index < -0.39 is 0 Å². The Bertz CT molecular complexity index is 545. The van der Waals surface area contributed by atoms with Crippen LogP contribution < -0.4 is 5.73 Å². The average molecular weight is 339 g/mol. The van der Waals surface area contributed by atoms with Crippen molar-refractivity contribution < 1.29 is 9.59 Å². The van der Waals surface area contributed by atoms with Crippen molar-refractivity contribution in [2.75, 3.05) is 6.54 Å². The lowest BCUT2D eigenvalue weighted by atomic mass is 9.92. The molecule has 2 unspecified atom stereocenters. The molecule has 0 aliphatic carbocycles. The summed E-state index contributed by atoms with van der Waals surface area (Å²) in [5, 5.41) is 0. The van der Waals surface area contributed by atoms with Gasteiger partial charge >= 0.3 is 0 Å². The van der Waals surface area contributed by atoms with Gasteiger partial charge in [-0.05, 0) is 44.4 Å². The molecule has 2 amide bonds. The highest BCUT2D eigenvalue weighted by atomic mass is 79.9. The number of primary amides is 1. The van der Waals surface area contributed by atoms with Crippen molar-refractivity contribution in [1.82, 2.24) is 4.90 Å². The molecule has 1 saturated heterocycles. The van der Waals surface area contributed by atoms with Gasteiger partial charge in [-0.25, -0.2) is 0 Å². The maximum Gasteiger partial charge on any atom is 0.254 e. The molecule has 1 fully saturated rings. The van der Waals surface area contributed by atoms with Gasteiger partial charge in [0.15, 0.2) is 0 Å². The van der Waals surface area contributed by atoms with Crippen LogP contribution in [0.3, 0.4) is 0 Å². The highest BCUT2D eigenvalue weighted by Crippen LogP contribution is 2.26. The van der Waals surface area contributed by atoms with E-state index in [1.807, 2.05) is 32.0 Å². The molecule has 2 rings (SSSR count). The van der Waals surface area contributed by atoms with Gasteiger partial charge in [0.2, 0.25) is 5.91 Å². The SMILES string of the molecule is Cc1c(Br)cccc1C(=O)N1CC(C(N)=O)CCC1C. The standard InChI is InChI=1S/C15H19BrN2O2/c1-9-6-7-11(14(17)19)8-18(9)15(20)12-4-3-5-13(16)10(12)2/h3-5,9,11H,6-8H2,1-2H3,(H2,17,19). The predicted octanol–water partition coefficient (Wildman–Crippen LogP) is 2.48. The molecule has 5 heteroatoms. The number of hydrogen-bond donors (Lipinski definition) is 1. The molecule has 108 valence electrons. The highest BCUT2D eigenvalue weighted by molar-refractivity contribution is 9.10. The van der Waals surface area contributed by atoms with E-state index in [-0.39, 0.29) is 23.8 Å². The molecule has 1 aromatic rings. The zero-order valence-corrected chi connectivity index (χ0v) is 13.3. The Morgan fingerprint density at radius 3 is 2.70 bits per heavy atom. The van der Waals surface area contributed by atoms with E-state index in [9.17, 15) is 9.59 Å². The third kappa shape index (κ3) is 2.87. The zero-order chi connectivity index (χ0) is 14.9. The summed E-state index contributed by atoms with van der Waals surface area (Å²) in [6.45, 7) is 4.35. The summed E-state index contributed by atoms with van der Waals surface area (Å²) >= 11 is 3.44. The van der Waals surface area contributed by atoms with Crippen molar-refractivity contribution >= 4 is 27.7 Å². The molecule has 1 aliphatic heterocycles. The van der Waals surface area contributed by atoms with Crippen molar-refractivity contribution in [3.63, 3.8) is 0 Å². The maximum atomic E-state index is 12.7. The van der Waals surface area contributed by atoms with Crippen molar-refractivity contribution in [3.8, 4) is 0 Å². The van der Waals surface area contributed by atoms with Crippen LogP contribution in [0, 0.1) is 12.8 Å². The molecule has 0 aromatic heterocycles. The van der Waals surface area contributed by atoms with Crippen molar-refractivity contribution in [1.29, 1.82) is 0 Å². The van der Waals surface area contributed by atoms with Gasteiger partial charge in [-0.3, -0.25) is 9.59 Å². The molecular weight excluding hydrogens is 320 g/mol. The number of rotatable bonds is 2. The number of likely N-dealkylation sites (tertiary alicyclic amines) is 1. The van der Waals surface area contributed by atoms with Crippen LogP contribution in [0.1, 0.15) is 35.7 Å². The quantitative estimate of drug-likeness (QED) is 0.900. The largest absolute Gasteiger partial charge is 0.369 e. The van der Waals surface area contributed by atoms with Gasteiger partial charge in [-0.2, -0.15) is 0 Å². The third-order valence-electron chi connectivity index (χ3n) is 4.04. The Labute approximate surface area is 127 Å². The summed E-state index contributed by atoms with van der Waals surface area (Å²) in [7, 11) is 0. The van der Waals surface area contributed by atoms with Crippen molar-refractivity contribution in [3.05, 3.63) is 33.8 Å². The van der Waals surface area contributed by atoms with Crippen molar-refractivity contribution in [2.24, 2.45) is 11.7 Å². The minimum atomic E-state index is -0.319. The second-order valence-corrected chi connectivity index (χ2v) is 6.25. The fourth-order valence-corrected chi connectivity index (χ4v) is 2.98. The number of carbonyl (C=O) groups excluding carboxylic acids is 2. The summed E-state index contributed by atoms with van der Waals surface area (Å²) in [6, 6.07) is 5.72. The Kier molecular flexibility index (Phi) is 4.48. The van der Waals surface area contributed by atoms with Crippen molar-refractivity contribution in [2.45, 2.75) is 32.7 Å². The molecule has 1 aliphatic rings. The number of carbonyl (C=O) groups is 2. The average Bonchev–Trinajstić information content (AvgIpc) is 2.41. The lowest BCUT2D eigenvalue weighted by Crippen LogP contribution is -2.48. The maximum absolute atomic E-state index is 12.7. The Hall–Kier alpha value is -1.36. The number of halogens is 1. The molecule has 0 saturated carbocycles. The predicted molar refractivity (Wildman–Crippen MR) is 81.3 cm³/mol. The first-order valence-electron chi connectivity index (χ1n) is 6.77. The van der Waals surface area contributed by atoms with Crippen LogP contribution >= 0.6 is 15.9 Å². The fourth-order valence-electron chi connectivity index (χ4n) is 2.62. The summed E-state index contributed by atoms with van der Waals surface area (Å²) in [5.74, 6) is -0.578. The van der Waals surface area contributed by atoms with Gasteiger partial charge in [-0.15, -0.1) is 0 Å². The van der Waals surface area contributed by atoms with E-state index in [4.69, 9.17) is 5.73 Å². The van der Waals surface area contributed by atoms with E-state index in [1.165, 1.54) is 0 Å². The number of benzene rings is 1. The molecule has 2 atom stereocenters. The minimum Gasteiger partial charge on any atom is -0.369 e. The lowest BCUT2D eigenvalue weighted by molar-refractivity contribution is -0.123. The smallest absolute Gasteiger partial charge is 0.254 e. The lowest BCUT2D eigenvalue weighted by Gasteiger charge is -2.37. The summed E-state index contributed by atoms with van der Waals surface area (Å²) in [6.07, 6.45) is 1.57. The van der Waals surface area contributed by atoms with Crippen LogP contribution in [0.25, 0.3) is 0 Å². The Morgan fingerprint density at radius 1 is 1.35 bits per heavy atom. The topological polar surface area (TPSA) is 63.4 Å². The molecule has 0 bridgehead atoms. The molecule has 20 heavy (non-hydrogen) atoms. The second-order valence-electron chi connectivity index (χ2n) is 5.40. The second kappa shape index (κ2) is 5.95. The molecule has 1 aromatic carbocycles. The van der Waals surface area contributed by atoms with Crippen LogP contribution in [0.15, 0.2) is 22.7 Å². The van der Waals surface area contributed by atoms with E-state index in [1.54, 1.807) is 4.90 Å². The van der Waals surface area contributed by atoms with E-state index >= 15 is 0 Å². The normalized spacial score (nSPS) is 22.6. The summed E-state index contributed by atoms with van der Waals surface area (Å²) in [4.78, 5) is 25.8.